The summed E-state index contributed by atoms with van der Waals surface area (Å²) in [6.45, 7) is 1.79. The SMILES string of the molecule is c1ccc(OCCCCC2CO2)cc1. The van der Waals surface area contributed by atoms with Gasteiger partial charge in [0.1, 0.15) is 5.75 Å². The molecule has 0 spiro atoms. The molecule has 1 aromatic rings. The average Bonchev–Trinajstić information content (AvgIpc) is 3.03. The molecule has 2 nitrogen and oxygen atoms in total. The summed E-state index contributed by atoms with van der Waals surface area (Å²) >= 11 is 0. The molecule has 1 saturated heterocycles. The Labute approximate surface area is 84.8 Å². The highest BCUT2D eigenvalue weighted by molar-refractivity contribution is 5.20. The fourth-order valence-corrected chi connectivity index (χ4v) is 1.42. The van der Waals surface area contributed by atoms with Crippen LogP contribution in [0.5, 0.6) is 5.75 Å². The van der Waals surface area contributed by atoms with Gasteiger partial charge in [0.15, 0.2) is 0 Å². The van der Waals surface area contributed by atoms with E-state index in [0.29, 0.717) is 6.10 Å². The number of ether oxygens (including phenoxy) is 2. The van der Waals surface area contributed by atoms with E-state index in [1.807, 2.05) is 30.3 Å². The van der Waals surface area contributed by atoms with Gasteiger partial charge >= 0.3 is 0 Å². The van der Waals surface area contributed by atoms with Crippen LogP contribution < -0.4 is 4.74 Å². The van der Waals surface area contributed by atoms with Gasteiger partial charge in [-0.3, -0.25) is 0 Å². The van der Waals surface area contributed by atoms with Crippen molar-refractivity contribution in [2.24, 2.45) is 0 Å². The second-order valence-electron chi connectivity index (χ2n) is 3.61. The first-order chi connectivity index (χ1) is 6.95. The lowest BCUT2D eigenvalue weighted by Gasteiger charge is -2.04. The van der Waals surface area contributed by atoms with Gasteiger partial charge in [0, 0.05) is 0 Å². The van der Waals surface area contributed by atoms with E-state index in [4.69, 9.17) is 9.47 Å². The summed E-state index contributed by atoms with van der Waals surface area (Å²) in [4.78, 5) is 0. The van der Waals surface area contributed by atoms with Crippen LogP contribution in [0.4, 0.5) is 0 Å². The number of unbranched alkanes of at least 4 members (excludes halogenated alkanes) is 1. The Kier molecular flexibility index (Phi) is 3.41. The molecule has 76 valence electrons. The van der Waals surface area contributed by atoms with Crippen molar-refractivity contribution in [2.45, 2.75) is 25.4 Å². The monoisotopic (exact) mass is 192 g/mol. The van der Waals surface area contributed by atoms with Crippen LogP contribution >= 0.6 is 0 Å². The molecule has 1 aromatic carbocycles. The second kappa shape index (κ2) is 5.01. The number of para-hydroxylation sites is 1. The molecule has 2 heteroatoms. The van der Waals surface area contributed by atoms with Crippen molar-refractivity contribution in [3.8, 4) is 5.75 Å². The zero-order valence-corrected chi connectivity index (χ0v) is 8.32. The maximum Gasteiger partial charge on any atom is 0.119 e. The van der Waals surface area contributed by atoms with Crippen LogP contribution in [0.3, 0.4) is 0 Å². The van der Waals surface area contributed by atoms with Gasteiger partial charge in [-0.15, -0.1) is 0 Å². The molecule has 1 unspecified atom stereocenters. The number of benzene rings is 1. The normalized spacial score (nSPS) is 19.3. The van der Waals surface area contributed by atoms with Crippen LogP contribution in [0, 0.1) is 0 Å². The van der Waals surface area contributed by atoms with Gasteiger partial charge in [-0.1, -0.05) is 18.2 Å². The molecule has 0 N–H and O–H groups in total. The van der Waals surface area contributed by atoms with Gasteiger partial charge < -0.3 is 9.47 Å². The predicted molar refractivity (Wildman–Crippen MR) is 55.5 cm³/mol. The van der Waals surface area contributed by atoms with Gasteiger partial charge in [-0.2, -0.15) is 0 Å². The summed E-state index contributed by atoms with van der Waals surface area (Å²) in [5.74, 6) is 0.968. The summed E-state index contributed by atoms with van der Waals surface area (Å²) in [6.07, 6.45) is 4.08. The molecule has 0 amide bonds. The highest BCUT2D eigenvalue weighted by Crippen LogP contribution is 2.16. The molecular weight excluding hydrogens is 176 g/mol. The molecule has 1 aliphatic rings. The highest BCUT2D eigenvalue weighted by atomic mass is 16.6. The lowest BCUT2D eigenvalue weighted by molar-refractivity contribution is 0.299. The van der Waals surface area contributed by atoms with Crippen molar-refractivity contribution >= 4 is 0 Å². The van der Waals surface area contributed by atoms with Gasteiger partial charge in [0.2, 0.25) is 0 Å². The molecule has 0 bridgehead atoms. The van der Waals surface area contributed by atoms with Crippen molar-refractivity contribution < 1.29 is 9.47 Å². The molecule has 0 aromatic heterocycles. The van der Waals surface area contributed by atoms with E-state index in [0.717, 1.165) is 25.4 Å². The maximum absolute atomic E-state index is 5.57. The molecule has 1 fully saturated rings. The van der Waals surface area contributed by atoms with Crippen LogP contribution in [0.15, 0.2) is 30.3 Å². The van der Waals surface area contributed by atoms with Crippen LogP contribution in [-0.2, 0) is 4.74 Å². The Morgan fingerprint density at radius 1 is 1.21 bits per heavy atom. The first-order valence-electron chi connectivity index (χ1n) is 5.24. The third-order valence-corrected chi connectivity index (χ3v) is 2.33. The van der Waals surface area contributed by atoms with Gasteiger partial charge in [0.25, 0.3) is 0 Å². The first-order valence-corrected chi connectivity index (χ1v) is 5.24. The zero-order valence-electron chi connectivity index (χ0n) is 8.32. The Morgan fingerprint density at radius 3 is 2.71 bits per heavy atom. The number of hydrogen-bond acceptors (Lipinski definition) is 2. The number of hydrogen-bond donors (Lipinski definition) is 0. The predicted octanol–water partition coefficient (Wildman–Crippen LogP) is 2.63. The van der Waals surface area contributed by atoms with E-state index in [1.54, 1.807) is 0 Å². The highest BCUT2D eigenvalue weighted by Gasteiger charge is 2.20. The third-order valence-electron chi connectivity index (χ3n) is 2.33. The first kappa shape index (κ1) is 9.53. The van der Waals surface area contributed by atoms with Crippen LogP contribution in [0.25, 0.3) is 0 Å². The van der Waals surface area contributed by atoms with E-state index in [-0.39, 0.29) is 0 Å². The topological polar surface area (TPSA) is 21.8 Å². The molecule has 14 heavy (non-hydrogen) atoms. The van der Waals surface area contributed by atoms with Crippen molar-refractivity contribution in [1.82, 2.24) is 0 Å². The molecule has 0 aliphatic carbocycles. The van der Waals surface area contributed by atoms with E-state index in [1.165, 1.54) is 12.8 Å². The van der Waals surface area contributed by atoms with Crippen LogP contribution in [0.1, 0.15) is 19.3 Å². The Morgan fingerprint density at radius 2 is 2.00 bits per heavy atom. The minimum Gasteiger partial charge on any atom is -0.494 e. The number of rotatable bonds is 6. The Bertz CT molecular complexity index is 254. The summed E-state index contributed by atoms with van der Waals surface area (Å²) in [5.41, 5.74) is 0. The molecule has 0 saturated carbocycles. The van der Waals surface area contributed by atoms with Crippen molar-refractivity contribution in [2.75, 3.05) is 13.2 Å². The fraction of sp³-hybridized carbons (Fsp3) is 0.500. The quantitative estimate of drug-likeness (QED) is 0.510. The molecule has 1 heterocycles. The molecule has 1 atom stereocenters. The third kappa shape index (κ3) is 3.38. The number of epoxide rings is 1. The fourth-order valence-electron chi connectivity index (χ4n) is 1.42. The molecular formula is C12H16O2. The van der Waals surface area contributed by atoms with Gasteiger partial charge in [-0.05, 0) is 31.4 Å². The van der Waals surface area contributed by atoms with Gasteiger partial charge in [0.05, 0.1) is 19.3 Å². The summed E-state index contributed by atoms with van der Waals surface area (Å²) in [7, 11) is 0. The minimum atomic E-state index is 0.562. The summed E-state index contributed by atoms with van der Waals surface area (Å²) in [6, 6.07) is 9.96. The molecule has 1 aliphatic heterocycles. The largest absolute Gasteiger partial charge is 0.494 e. The van der Waals surface area contributed by atoms with Crippen molar-refractivity contribution in [3.63, 3.8) is 0 Å². The van der Waals surface area contributed by atoms with Crippen LogP contribution in [-0.4, -0.2) is 19.3 Å². The van der Waals surface area contributed by atoms with Crippen molar-refractivity contribution in [3.05, 3.63) is 30.3 Å². The summed E-state index contributed by atoms with van der Waals surface area (Å²) < 4.78 is 10.7. The lowest BCUT2D eigenvalue weighted by Crippen LogP contribution is -1.97. The molecule has 2 rings (SSSR count). The Hall–Kier alpha value is -1.02. The summed E-state index contributed by atoms with van der Waals surface area (Å²) in [5, 5.41) is 0. The van der Waals surface area contributed by atoms with E-state index in [2.05, 4.69) is 0 Å². The van der Waals surface area contributed by atoms with E-state index >= 15 is 0 Å². The maximum atomic E-state index is 5.57. The van der Waals surface area contributed by atoms with Gasteiger partial charge in [-0.25, -0.2) is 0 Å². The van der Waals surface area contributed by atoms with E-state index in [9.17, 15) is 0 Å². The zero-order chi connectivity index (χ0) is 9.64. The molecule has 0 radical (unpaired) electrons. The Balaban J connectivity index is 1.54. The van der Waals surface area contributed by atoms with Crippen LogP contribution in [0.2, 0.25) is 0 Å². The van der Waals surface area contributed by atoms with E-state index < -0.39 is 0 Å². The van der Waals surface area contributed by atoms with Crippen molar-refractivity contribution in [1.29, 1.82) is 0 Å². The lowest BCUT2D eigenvalue weighted by atomic mass is 10.2. The average molecular weight is 192 g/mol. The smallest absolute Gasteiger partial charge is 0.119 e. The standard InChI is InChI=1S/C12H16O2/c1-2-6-11(7-3-1)13-9-5-4-8-12-10-14-12/h1-3,6-7,12H,4-5,8-10H2. The minimum absolute atomic E-state index is 0.562. The second-order valence-corrected chi connectivity index (χ2v) is 3.61.